The van der Waals surface area contributed by atoms with E-state index in [4.69, 9.17) is 14.2 Å². The number of likely N-dealkylation sites (tertiary alicyclic amines) is 1. The molecule has 52 heavy (non-hydrogen) atoms. The molecular formula is C42H45NO9. The lowest BCUT2D eigenvalue weighted by Gasteiger charge is -2.51. The van der Waals surface area contributed by atoms with Crippen molar-refractivity contribution in [1.82, 2.24) is 4.90 Å². The summed E-state index contributed by atoms with van der Waals surface area (Å²) in [6, 6.07) is 32.5. The van der Waals surface area contributed by atoms with Gasteiger partial charge in [-0.25, -0.2) is 19.2 Å². The average Bonchev–Trinajstić information content (AvgIpc) is 3.15. The van der Waals surface area contributed by atoms with Gasteiger partial charge in [0.15, 0.2) is 0 Å². The second kappa shape index (κ2) is 17.2. The maximum absolute atomic E-state index is 12.2. The Bertz CT molecular complexity index is 1770. The van der Waals surface area contributed by atoms with Crippen LogP contribution in [0, 0.1) is 13.8 Å². The Balaban J connectivity index is 0.000000203. The van der Waals surface area contributed by atoms with Gasteiger partial charge in [-0.05, 0) is 99.0 Å². The van der Waals surface area contributed by atoms with E-state index in [1.807, 2.05) is 0 Å². The number of carboxylic acid groups (broad SMARTS) is 2. The van der Waals surface area contributed by atoms with Crippen LogP contribution in [0.1, 0.15) is 75.1 Å². The van der Waals surface area contributed by atoms with Crippen LogP contribution in [-0.2, 0) is 31.0 Å². The summed E-state index contributed by atoms with van der Waals surface area (Å²) in [7, 11) is 1.77. The fraction of sp³-hybridized carbons (Fsp3) is 0.333. The number of ether oxygens (including phenoxy) is 3. The molecule has 2 bridgehead atoms. The number of esters is 2. The number of aliphatic carboxylic acids is 2. The van der Waals surface area contributed by atoms with Crippen LogP contribution in [0.5, 0.6) is 5.75 Å². The van der Waals surface area contributed by atoms with Gasteiger partial charge in [-0.15, -0.1) is 0 Å². The Kier molecular flexibility index (Phi) is 12.5. The van der Waals surface area contributed by atoms with E-state index >= 15 is 0 Å². The van der Waals surface area contributed by atoms with Crippen molar-refractivity contribution in [3.63, 3.8) is 0 Å². The van der Waals surface area contributed by atoms with Crippen molar-refractivity contribution in [2.45, 2.75) is 76.2 Å². The number of carbonyl (C=O) groups is 4. The molecule has 4 aromatic carbocycles. The molecule has 0 unspecified atom stereocenters. The number of carboxylic acids is 2. The molecule has 2 N–H and O–H groups in total. The van der Waals surface area contributed by atoms with E-state index in [1.165, 1.54) is 74.0 Å². The molecule has 0 spiro atoms. The molecule has 10 nitrogen and oxygen atoms in total. The smallest absolute Gasteiger partial charge is 0.349 e. The normalized spacial score (nSPS) is 19.2. The number of hydrogen-bond acceptors (Lipinski definition) is 8. The molecule has 4 atom stereocenters. The Morgan fingerprint density at radius 3 is 1.83 bits per heavy atom. The molecular weight excluding hydrogens is 662 g/mol. The van der Waals surface area contributed by atoms with Crippen LogP contribution < -0.4 is 4.74 Å². The largest absolute Gasteiger partial charge is 0.497 e. The second-order valence-corrected chi connectivity index (χ2v) is 13.5. The number of carbonyl (C=O) groups excluding carboxylic acids is 2. The van der Waals surface area contributed by atoms with Crippen molar-refractivity contribution >= 4 is 23.9 Å². The van der Waals surface area contributed by atoms with Gasteiger partial charge in [0.2, 0.25) is 12.2 Å². The van der Waals surface area contributed by atoms with E-state index in [-0.39, 0.29) is 11.1 Å². The summed E-state index contributed by atoms with van der Waals surface area (Å²) < 4.78 is 15.1. The van der Waals surface area contributed by atoms with Gasteiger partial charge in [0.05, 0.1) is 18.2 Å². The summed E-state index contributed by atoms with van der Waals surface area (Å²) in [5, 5.41) is 18.6. The van der Waals surface area contributed by atoms with Crippen molar-refractivity contribution in [3.05, 3.63) is 137 Å². The highest BCUT2D eigenvalue weighted by Crippen LogP contribution is 2.47. The fourth-order valence-corrected chi connectivity index (χ4v) is 7.03. The maximum atomic E-state index is 12.2. The van der Waals surface area contributed by atoms with E-state index in [0.717, 1.165) is 29.5 Å². The molecule has 1 aliphatic carbocycles. The average molecular weight is 708 g/mol. The molecule has 0 aromatic heterocycles. The molecule has 10 heteroatoms. The summed E-state index contributed by atoms with van der Waals surface area (Å²) in [5.74, 6) is -4.63. The number of aryl methyl sites for hydroxylation is 2. The molecule has 0 amide bonds. The van der Waals surface area contributed by atoms with Crippen molar-refractivity contribution in [1.29, 1.82) is 0 Å². The lowest BCUT2D eigenvalue weighted by atomic mass is 9.63. The first-order chi connectivity index (χ1) is 25.0. The van der Waals surface area contributed by atoms with Crippen molar-refractivity contribution in [3.8, 4) is 5.75 Å². The van der Waals surface area contributed by atoms with Crippen molar-refractivity contribution in [2.75, 3.05) is 13.7 Å². The first kappa shape index (κ1) is 37.8. The highest BCUT2D eigenvalue weighted by molar-refractivity contribution is 5.95. The maximum Gasteiger partial charge on any atom is 0.349 e. The minimum atomic E-state index is -2.22. The SMILES string of the molecule is COc1cccc([C@]23CCC[C@H](C2)N(Cc2ccccc2)CC3)c1.Cc1ccc(C(=O)O[C@@H](C(=O)O)[C@@H](OC(=O)c2ccc(C)cc2)C(=O)O)cc1. The highest BCUT2D eigenvalue weighted by atomic mass is 16.6. The number of benzene rings is 4. The highest BCUT2D eigenvalue weighted by Gasteiger charge is 2.44. The molecule has 1 heterocycles. The summed E-state index contributed by atoms with van der Waals surface area (Å²) in [4.78, 5) is 50.1. The molecule has 4 aromatic rings. The zero-order chi connectivity index (χ0) is 37.3. The Morgan fingerprint density at radius 1 is 0.750 bits per heavy atom. The molecule has 272 valence electrons. The standard InChI is InChI=1S/C22H27NO.C20H18O8/c1-24-21-11-5-9-19(15-21)22-12-6-10-20(16-22)23(14-13-22)17-18-7-3-2-4-8-18;1-11-3-7-13(8-4-11)19(25)27-15(17(21)22)16(18(23)24)28-20(26)14-9-5-12(2)6-10-14/h2-5,7-9,11,15,20H,6,10,12-14,16-17H2,1H3;3-10,15-16H,1-2H3,(H,21,22)(H,23,24)/t20-,22+;15-,16-/m11/s1. The number of piperidine rings is 1. The number of methoxy groups -OCH3 is 1. The predicted molar refractivity (Wildman–Crippen MR) is 194 cm³/mol. The summed E-state index contributed by atoms with van der Waals surface area (Å²) in [5.41, 5.74) is 5.09. The molecule has 1 saturated carbocycles. The Morgan fingerprint density at radius 2 is 1.31 bits per heavy atom. The molecule has 2 aliphatic rings. The topological polar surface area (TPSA) is 140 Å². The number of hydrogen-bond donors (Lipinski definition) is 2. The molecule has 2 fully saturated rings. The van der Waals surface area contributed by atoms with Gasteiger partial charge in [-0.1, -0.05) is 84.3 Å². The third-order valence-corrected chi connectivity index (χ3v) is 9.93. The monoisotopic (exact) mass is 707 g/mol. The number of nitrogens with zero attached hydrogens (tertiary/aromatic N) is 1. The van der Waals surface area contributed by atoms with E-state index in [1.54, 1.807) is 45.2 Å². The van der Waals surface area contributed by atoms with Crippen LogP contribution in [0.4, 0.5) is 0 Å². The van der Waals surface area contributed by atoms with Crippen LogP contribution in [0.25, 0.3) is 0 Å². The zero-order valence-corrected chi connectivity index (χ0v) is 29.7. The first-order valence-electron chi connectivity index (χ1n) is 17.4. The summed E-state index contributed by atoms with van der Waals surface area (Å²) in [6.45, 7) is 5.89. The molecule has 6 rings (SSSR count). The minimum absolute atomic E-state index is 0.0332. The van der Waals surface area contributed by atoms with E-state index in [9.17, 15) is 29.4 Å². The molecule has 0 radical (unpaired) electrons. The minimum Gasteiger partial charge on any atom is -0.497 e. The second-order valence-electron chi connectivity index (χ2n) is 13.5. The van der Waals surface area contributed by atoms with Crippen LogP contribution in [0.2, 0.25) is 0 Å². The van der Waals surface area contributed by atoms with Gasteiger partial charge in [0.25, 0.3) is 0 Å². The summed E-state index contributed by atoms with van der Waals surface area (Å²) in [6.07, 6.45) is 2.14. The lowest BCUT2D eigenvalue weighted by molar-refractivity contribution is -0.166. The molecule has 1 saturated heterocycles. The van der Waals surface area contributed by atoms with Gasteiger partial charge in [-0.3, -0.25) is 4.90 Å². The van der Waals surface area contributed by atoms with E-state index < -0.39 is 36.1 Å². The third-order valence-electron chi connectivity index (χ3n) is 9.93. The fourth-order valence-electron chi connectivity index (χ4n) is 7.03. The van der Waals surface area contributed by atoms with Crippen LogP contribution in [0.3, 0.4) is 0 Å². The molecule has 1 aliphatic heterocycles. The predicted octanol–water partition coefficient (Wildman–Crippen LogP) is 7.01. The van der Waals surface area contributed by atoms with E-state index in [0.29, 0.717) is 5.41 Å². The van der Waals surface area contributed by atoms with Gasteiger partial charge >= 0.3 is 23.9 Å². The van der Waals surface area contributed by atoms with Crippen LogP contribution in [0.15, 0.2) is 103 Å². The Labute approximate surface area is 304 Å². The quantitative estimate of drug-likeness (QED) is 0.157. The number of fused-ring (bicyclic) bond motifs is 2. The Hall–Kier alpha value is -5.48. The van der Waals surface area contributed by atoms with Gasteiger partial charge in [0, 0.05) is 12.6 Å². The van der Waals surface area contributed by atoms with Gasteiger partial charge < -0.3 is 24.4 Å². The van der Waals surface area contributed by atoms with Crippen molar-refractivity contribution in [2.24, 2.45) is 0 Å². The van der Waals surface area contributed by atoms with E-state index in [2.05, 4.69) is 59.5 Å². The van der Waals surface area contributed by atoms with Crippen LogP contribution in [-0.4, -0.2) is 70.9 Å². The van der Waals surface area contributed by atoms with Crippen molar-refractivity contribution < 1.29 is 43.6 Å². The van der Waals surface area contributed by atoms with Gasteiger partial charge in [-0.2, -0.15) is 0 Å². The lowest BCUT2D eigenvalue weighted by Crippen LogP contribution is -2.51. The van der Waals surface area contributed by atoms with Gasteiger partial charge in [0.1, 0.15) is 5.75 Å². The number of rotatable bonds is 11. The zero-order valence-electron chi connectivity index (χ0n) is 29.7. The third kappa shape index (κ3) is 9.44. The summed E-state index contributed by atoms with van der Waals surface area (Å²) >= 11 is 0. The van der Waals surface area contributed by atoms with Crippen LogP contribution >= 0.6 is 0 Å². The first-order valence-corrected chi connectivity index (χ1v) is 17.4.